The summed E-state index contributed by atoms with van der Waals surface area (Å²) >= 11 is 0. The lowest BCUT2D eigenvalue weighted by Crippen LogP contribution is -2.54. The van der Waals surface area contributed by atoms with Gasteiger partial charge in [0.25, 0.3) is 0 Å². The van der Waals surface area contributed by atoms with E-state index in [1.807, 2.05) is 14.0 Å². The maximum atomic E-state index is 11.8. The SMILES string of the molecule is CCOC(=O)N1CCC(NC(=NC)NCC(C)N2CCN(C)CC2)CC1. The first-order chi connectivity index (χ1) is 12.5. The number of nitrogens with one attached hydrogen (secondary N) is 2. The molecule has 26 heavy (non-hydrogen) atoms. The van der Waals surface area contributed by atoms with Gasteiger partial charge in [-0.2, -0.15) is 0 Å². The van der Waals surface area contributed by atoms with Crippen molar-refractivity contribution in [1.29, 1.82) is 0 Å². The number of rotatable bonds is 5. The third kappa shape index (κ3) is 6.32. The van der Waals surface area contributed by atoms with Crippen LogP contribution in [-0.2, 0) is 4.74 Å². The fourth-order valence-electron chi connectivity index (χ4n) is 3.45. The molecule has 1 unspecified atom stereocenters. The number of guanidine groups is 1. The molecule has 0 radical (unpaired) electrons. The average Bonchev–Trinajstić information content (AvgIpc) is 2.66. The standard InChI is InChI=1S/C18H36N6O2/c1-5-26-18(25)24-8-6-16(7-9-24)21-17(19-3)20-14-15(2)23-12-10-22(4)11-13-23/h15-16H,5-14H2,1-4H3,(H2,19,20,21). The van der Waals surface area contributed by atoms with Crippen LogP contribution in [0.2, 0.25) is 0 Å². The first-order valence-electron chi connectivity index (χ1n) is 9.85. The van der Waals surface area contributed by atoms with Crippen LogP contribution < -0.4 is 10.6 Å². The van der Waals surface area contributed by atoms with Crippen LogP contribution in [0.5, 0.6) is 0 Å². The number of likely N-dealkylation sites (tertiary alicyclic amines) is 1. The number of likely N-dealkylation sites (N-methyl/N-ethyl adjacent to an activating group) is 1. The molecular weight excluding hydrogens is 332 g/mol. The number of hydrogen-bond acceptors (Lipinski definition) is 5. The number of hydrogen-bond donors (Lipinski definition) is 2. The zero-order valence-corrected chi connectivity index (χ0v) is 16.8. The molecule has 0 aromatic carbocycles. The van der Waals surface area contributed by atoms with Gasteiger partial charge < -0.3 is 25.2 Å². The number of ether oxygens (including phenoxy) is 1. The van der Waals surface area contributed by atoms with Crippen molar-refractivity contribution >= 4 is 12.1 Å². The molecule has 0 aromatic heterocycles. The fraction of sp³-hybridized carbons (Fsp3) is 0.889. The molecular formula is C18H36N6O2. The van der Waals surface area contributed by atoms with Crippen LogP contribution in [-0.4, -0.2) is 105 Å². The van der Waals surface area contributed by atoms with Crippen LogP contribution in [0.25, 0.3) is 0 Å². The Morgan fingerprint density at radius 2 is 1.85 bits per heavy atom. The second kappa shape index (κ2) is 10.6. The van der Waals surface area contributed by atoms with E-state index in [2.05, 4.69) is 39.4 Å². The van der Waals surface area contributed by atoms with Crippen LogP contribution in [0, 0.1) is 0 Å². The largest absolute Gasteiger partial charge is 0.450 e. The van der Waals surface area contributed by atoms with Gasteiger partial charge in [0.05, 0.1) is 6.61 Å². The molecule has 0 saturated carbocycles. The Balaban J connectivity index is 1.69. The minimum atomic E-state index is -0.200. The molecule has 2 rings (SSSR count). The molecule has 2 heterocycles. The molecule has 2 aliphatic rings. The molecule has 150 valence electrons. The zero-order chi connectivity index (χ0) is 18.9. The smallest absolute Gasteiger partial charge is 0.409 e. The number of nitrogens with zero attached hydrogens (tertiary/aromatic N) is 4. The Hall–Kier alpha value is -1.54. The molecule has 2 saturated heterocycles. The van der Waals surface area contributed by atoms with Crippen LogP contribution in [0.4, 0.5) is 4.79 Å². The molecule has 2 aliphatic heterocycles. The van der Waals surface area contributed by atoms with Gasteiger partial charge in [0, 0.05) is 64.9 Å². The second-order valence-electron chi connectivity index (χ2n) is 7.25. The zero-order valence-electron chi connectivity index (χ0n) is 16.8. The molecule has 0 spiro atoms. The summed E-state index contributed by atoms with van der Waals surface area (Å²) in [6.07, 6.45) is 1.62. The molecule has 0 aliphatic carbocycles. The van der Waals surface area contributed by atoms with Gasteiger partial charge in [-0.15, -0.1) is 0 Å². The van der Waals surface area contributed by atoms with E-state index >= 15 is 0 Å². The van der Waals surface area contributed by atoms with E-state index in [1.165, 1.54) is 0 Å². The van der Waals surface area contributed by atoms with Crippen molar-refractivity contribution in [1.82, 2.24) is 25.3 Å². The van der Waals surface area contributed by atoms with Crippen molar-refractivity contribution in [2.45, 2.75) is 38.8 Å². The summed E-state index contributed by atoms with van der Waals surface area (Å²) < 4.78 is 5.07. The Kier molecular flexibility index (Phi) is 8.44. The van der Waals surface area contributed by atoms with Crippen molar-refractivity contribution < 1.29 is 9.53 Å². The summed E-state index contributed by atoms with van der Waals surface area (Å²) in [5.41, 5.74) is 0. The topological polar surface area (TPSA) is 72.4 Å². The number of amides is 1. The lowest BCUT2D eigenvalue weighted by Gasteiger charge is -2.37. The van der Waals surface area contributed by atoms with Gasteiger partial charge in [0.15, 0.2) is 5.96 Å². The highest BCUT2D eigenvalue weighted by atomic mass is 16.6. The highest BCUT2D eigenvalue weighted by molar-refractivity contribution is 5.80. The Morgan fingerprint density at radius 3 is 2.42 bits per heavy atom. The maximum Gasteiger partial charge on any atom is 0.409 e. The van der Waals surface area contributed by atoms with Gasteiger partial charge >= 0.3 is 6.09 Å². The molecule has 1 amide bonds. The summed E-state index contributed by atoms with van der Waals surface area (Å²) in [6, 6.07) is 0.818. The third-order valence-electron chi connectivity index (χ3n) is 5.31. The van der Waals surface area contributed by atoms with E-state index < -0.39 is 0 Å². The number of piperazine rings is 1. The second-order valence-corrected chi connectivity index (χ2v) is 7.25. The van der Waals surface area contributed by atoms with E-state index in [9.17, 15) is 4.79 Å². The van der Waals surface area contributed by atoms with Gasteiger partial charge in [0.2, 0.25) is 0 Å². The number of aliphatic imine (C=N–C) groups is 1. The molecule has 1 atom stereocenters. The quantitative estimate of drug-likeness (QED) is 0.541. The predicted octanol–water partition coefficient (Wildman–Crippen LogP) is 0.408. The fourth-order valence-corrected chi connectivity index (χ4v) is 3.45. The van der Waals surface area contributed by atoms with E-state index in [1.54, 1.807) is 4.90 Å². The average molecular weight is 369 g/mol. The van der Waals surface area contributed by atoms with Crippen LogP contribution >= 0.6 is 0 Å². The van der Waals surface area contributed by atoms with E-state index in [4.69, 9.17) is 4.74 Å². The van der Waals surface area contributed by atoms with Gasteiger partial charge in [-0.1, -0.05) is 0 Å². The highest BCUT2D eigenvalue weighted by Gasteiger charge is 2.24. The number of carbonyl (C=O) groups is 1. The van der Waals surface area contributed by atoms with Crippen molar-refractivity contribution in [3.63, 3.8) is 0 Å². The highest BCUT2D eigenvalue weighted by Crippen LogP contribution is 2.11. The minimum Gasteiger partial charge on any atom is -0.450 e. The van der Waals surface area contributed by atoms with Gasteiger partial charge in [-0.05, 0) is 33.7 Å². The molecule has 2 fully saturated rings. The summed E-state index contributed by atoms with van der Waals surface area (Å²) in [6.45, 7) is 11.4. The molecule has 8 heteroatoms. The Labute approximate surface area is 157 Å². The van der Waals surface area contributed by atoms with E-state index in [-0.39, 0.29) is 6.09 Å². The first-order valence-corrected chi connectivity index (χ1v) is 9.85. The monoisotopic (exact) mass is 368 g/mol. The van der Waals surface area contributed by atoms with Crippen molar-refractivity contribution in [3.8, 4) is 0 Å². The van der Waals surface area contributed by atoms with Crippen LogP contribution in [0.1, 0.15) is 26.7 Å². The molecule has 0 aromatic rings. The number of piperidine rings is 1. The van der Waals surface area contributed by atoms with Crippen molar-refractivity contribution in [3.05, 3.63) is 0 Å². The summed E-state index contributed by atoms with van der Waals surface area (Å²) in [5, 5.41) is 6.95. The lowest BCUT2D eigenvalue weighted by molar-refractivity contribution is 0.0962. The lowest BCUT2D eigenvalue weighted by atomic mass is 10.1. The number of carbonyl (C=O) groups excluding carboxylic acids is 1. The normalized spacial score (nSPS) is 22.2. The third-order valence-corrected chi connectivity index (χ3v) is 5.31. The molecule has 2 N–H and O–H groups in total. The summed E-state index contributed by atoms with van der Waals surface area (Å²) in [4.78, 5) is 22.8. The molecule has 8 nitrogen and oxygen atoms in total. The van der Waals surface area contributed by atoms with Crippen molar-refractivity contribution in [2.75, 3.05) is 66.5 Å². The Bertz CT molecular complexity index is 457. The first kappa shape index (κ1) is 20.8. The summed E-state index contributed by atoms with van der Waals surface area (Å²) in [5.74, 6) is 0.848. The maximum absolute atomic E-state index is 11.8. The predicted molar refractivity (Wildman–Crippen MR) is 105 cm³/mol. The van der Waals surface area contributed by atoms with Crippen LogP contribution in [0.15, 0.2) is 4.99 Å². The molecule has 0 bridgehead atoms. The van der Waals surface area contributed by atoms with Crippen LogP contribution in [0.3, 0.4) is 0 Å². The Morgan fingerprint density at radius 1 is 1.19 bits per heavy atom. The van der Waals surface area contributed by atoms with E-state index in [0.29, 0.717) is 18.7 Å². The van der Waals surface area contributed by atoms with Gasteiger partial charge in [0.1, 0.15) is 0 Å². The van der Waals surface area contributed by atoms with Gasteiger partial charge in [-0.25, -0.2) is 4.79 Å². The van der Waals surface area contributed by atoms with Crippen molar-refractivity contribution in [2.24, 2.45) is 4.99 Å². The van der Waals surface area contributed by atoms with E-state index in [0.717, 1.165) is 64.6 Å². The van der Waals surface area contributed by atoms with Gasteiger partial charge in [-0.3, -0.25) is 9.89 Å². The summed E-state index contributed by atoms with van der Waals surface area (Å²) in [7, 11) is 3.99. The minimum absolute atomic E-state index is 0.200.